The van der Waals surface area contributed by atoms with Crippen LogP contribution in [0.15, 0.2) is 39.1 Å². The predicted octanol–water partition coefficient (Wildman–Crippen LogP) is 1.62. The number of rotatable bonds is 5. The molecule has 1 aliphatic carbocycles. The first-order valence-electron chi connectivity index (χ1n) is 10.5. The number of nitrogens with zero attached hydrogens (tertiary/aromatic N) is 5. The van der Waals surface area contributed by atoms with Crippen LogP contribution in [0.2, 0.25) is 0 Å². The van der Waals surface area contributed by atoms with Crippen molar-refractivity contribution in [2.75, 3.05) is 5.75 Å². The van der Waals surface area contributed by atoms with Gasteiger partial charge in [-0.2, -0.15) is 0 Å². The first-order chi connectivity index (χ1) is 15.5. The Morgan fingerprint density at radius 1 is 1.06 bits per heavy atom. The number of aromatic nitrogens is 5. The summed E-state index contributed by atoms with van der Waals surface area (Å²) in [4.78, 5) is 22.0. The minimum atomic E-state index is -3.78. The quantitative estimate of drug-likeness (QED) is 0.417. The van der Waals surface area contributed by atoms with Crippen molar-refractivity contribution in [1.82, 2.24) is 23.5 Å². The molecular formula is C21H23N5O5S2. The second-order valence-corrected chi connectivity index (χ2v) is 12.8. The molecule has 0 bridgehead atoms. The minimum absolute atomic E-state index is 0.0798. The van der Waals surface area contributed by atoms with E-state index < -0.39 is 24.9 Å². The van der Waals surface area contributed by atoms with Crippen LogP contribution in [-0.2, 0) is 33.8 Å². The second kappa shape index (κ2) is 7.00. The van der Waals surface area contributed by atoms with Crippen LogP contribution in [0, 0.1) is 6.92 Å². The molecule has 0 aromatic carbocycles. The fraction of sp³-hybridized carbons (Fsp3) is 0.381. The highest BCUT2D eigenvalue weighted by Gasteiger charge is 2.37. The van der Waals surface area contributed by atoms with Gasteiger partial charge < -0.3 is 9.13 Å². The van der Waals surface area contributed by atoms with Crippen LogP contribution < -0.4 is 5.56 Å². The van der Waals surface area contributed by atoms with E-state index in [1.165, 1.54) is 38.8 Å². The maximum Gasteiger partial charge on any atom is 0.276 e. The van der Waals surface area contributed by atoms with Gasteiger partial charge in [-0.05, 0) is 31.9 Å². The maximum absolute atomic E-state index is 13.1. The Balaban J connectivity index is 1.84. The Bertz CT molecular complexity index is 1740. The van der Waals surface area contributed by atoms with E-state index in [9.17, 15) is 21.6 Å². The largest absolute Gasteiger partial charge is 0.321 e. The number of pyridine rings is 2. The Kier molecular flexibility index (Phi) is 4.63. The van der Waals surface area contributed by atoms with Crippen LogP contribution in [0.25, 0.3) is 28.2 Å². The molecule has 0 radical (unpaired) electrons. The normalized spacial score (nSPS) is 15.0. The third-order valence-electron chi connectivity index (χ3n) is 6.24. The van der Waals surface area contributed by atoms with Gasteiger partial charge in [0.2, 0.25) is 0 Å². The second-order valence-electron chi connectivity index (χ2n) is 8.38. The topological polar surface area (TPSA) is 125 Å². The molecule has 0 amide bonds. The summed E-state index contributed by atoms with van der Waals surface area (Å²) in [5.74, 6) is 0.0378. The number of hydrogen-bond acceptors (Lipinski definition) is 7. The molecule has 5 rings (SSSR count). The van der Waals surface area contributed by atoms with Crippen LogP contribution in [0.1, 0.15) is 25.5 Å². The number of sulfone groups is 2. The molecular weight excluding hydrogens is 466 g/mol. The molecule has 0 spiro atoms. The molecule has 0 unspecified atom stereocenters. The van der Waals surface area contributed by atoms with Crippen molar-refractivity contribution in [2.45, 2.75) is 41.9 Å². The summed E-state index contributed by atoms with van der Waals surface area (Å²) in [5, 5.41) is -0.477. The lowest BCUT2D eigenvalue weighted by Gasteiger charge is -2.07. The van der Waals surface area contributed by atoms with Crippen molar-refractivity contribution in [3.63, 3.8) is 0 Å². The van der Waals surface area contributed by atoms with E-state index in [2.05, 4.69) is 9.97 Å². The molecule has 4 aromatic heterocycles. The van der Waals surface area contributed by atoms with Crippen molar-refractivity contribution in [3.05, 3.63) is 40.4 Å². The van der Waals surface area contributed by atoms with Crippen LogP contribution in [-0.4, -0.2) is 51.3 Å². The van der Waals surface area contributed by atoms with E-state index in [0.717, 1.165) is 0 Å². The Labute approximate surface area is 190 Å². The van der Waals surface area contributed by atoms with Crippen molar-refractivity contribution < 1.29 is 16.8 Å². The number of fused-ring (bicyclic) bond motifs is 2. The summed E-state index contributed by atoms with van der Waals surface area (Å²) in [6.45, 7) is 3.31. The van der Waals surface area contributed by atoms with Gasteiger partial charge in [-0.1, -0.05) is 6.92 Å². The fourth-order valence-corrected chi connectivity index (χ4v) is 6.85. The third-order valence-corrected chi connectivity index (χ3v) is 10.2. The summed E-state index contributed by atoms with van der Waals surface area (Å²) in [5.41, 5.74) is 1.48. The van der Waals surface area contributed by atoms with Gasteiger partial charge >= 0.3 is 0 Å². The molecule has 0 N–H and O–H groups in total. The zero-order chi connectivity index (χ0) is 23.9. The molecule has 174 valence electrons. The standard InChI is InChI=1S/C21H23N5O5S2/c1-5-32(28,29)21-17(19-22-15-10-12(2)24(3)20(27)18(15)25(19)4)23-16-11-14(8-9-26(16)21)33(30,31)13-6-7-13/h8-11,13H,5-7H2,1-4H3. The highest BCUT2D eigenvalue weighted by atomic mass is 32.2. The average Bonchev–Trinajstić information content (AvgIpc) is 3.49. The number of aryl methyl sites for hydroxylation is 2. The summed E-state index contributed by atoms with van der Waals surface area (Å²) < 4.78 is 56.0. The van der Waals surface area contributed by atoms with Crippen molar-refractivity contribution in [3.8, 4) is 11.5 Å². The van der Waals surface area contributed by atoms with E-state index in [1.54, 1.807) is 27.1 Å². The van der Waals surface area contributed by atoms with Crippen LogP contribution in [0.3, 0.4) is 0 Å². The predicted molar refractivity (Wildman–Crippen MR) is 123 cm³/mol. The number of hydrogen-bond donors (Lipinski definition) is 0. The van der Waals surface area contributed by atoms with E-state index in [0.29, 0.717) is 29.6 Å². The summed E-state index contributed by atoms with van der Waals surface area (Å²) in [6.07, 6.45) is 2.67. The molecule has 1 saturated carbocycles. The highest BCUT2D eigenvalue weighted by molar-refractivity contribution is 7.92. The van der Waals surface area contributed by atoms with Crippen LogP contribution in [0.4, 0.5) is 0 Å². The minimum Gasteiger partial charge on any atom is -0.321 e. The van der Waals surface area contributed by atoms with Crippen molar-refractivity contribution in [2.24, 2.45) is 14.1 Å². The average molecular weight is 490 g/mol. The zero-order valence-electron chi connectivity index (χ0n) is 18.6. The van der Waals surface area contributed by atoms with Gasteiger partial charge in [-0.25, -0.2) is 26.8 Å². The van der Waals surface area contributed by atoms with Crippen molar-refractivity contribution in [1.29, 1.82) is 0 Å². The Morgan fingerprint density at radius 2 is 1.76 bits per heavy atom. The molecule has 0 atom stereocenters. The highest BCUT2D eigenvalue weighted by Crippen LogP contribution is 2.35. The summed E-state index contributed by atoms with van der Waals surface area (Å²) in [7, 11) is -3.97. The maximum atomic E-state index is 13.1. The van der Waals surface area contributed by atoms with E-state index in [4.69, 9.17) is 0 Å². The lowest BCUT2D eigenvalue weighted by Crippen LogP contribution is -2.20. The van der Waals surface area contributed by atoms with Gasteiger partial charge in [0, 0.05) is 32.1 Å². The molecule has 12 heteroatoms. The summed E-state index contributed by atoms with van der Waals surface area (Å²) in [6, 6.07) is 4.57. The SMILES string of the molecule is CCS(=O)(=O)c1c(-c2nc3cc(C)n(C)c(=O)c3n2C)nc2cc(S(=O)(=O)C3CC3)ccn12. The van der Waals surface area contributed by atoms with E-state index >= 15 is 0 Å². The van der Waals surface area contributed by atoms with Gasteiger partial charge in [0.15, 0.2) is 30.5 Å². The van der Waals surface area contributed by atoms with Gasteiger partial charge in [-0.15, -0.1) is 0 Å². The van der Waals surface area contributed by atoms with E-state index in [1.807, 2.05) is 0 Å². The Morgan fingerprint density at radius 3 is 2.39 bits per heavy atom. The lowest BCUT2D eigenvalue weighted by molar-refractivity contribution is 0.592. The molecule has 4 aromatic rings. The lowest BCUT2D eigenvalue weighted by atomic mass is 10.3. The molecule has 33 heavy (non-hydrogen) atoms. The third kappa shape index (κ3) is 3.15. The van der Waals surface area contributed by atoms with Gasteiger partial charge in [-0.3, -0.25) is 9.20 Å². The van der Waals surface area contributed by atoms with Crippen molar-refractivity contribution >= 4 is 36.4 Å². The number of imidazole rings is 2. The van der Waals surface area contributed by atoms with Gasteiger partial charge in [0.1, 0.15) is 16.9 Å². The Hall–Kier alpha value is -2.99. The van der Waals surface area contributed by atoms with Gasteiger partial charge in [0.05, 0.1) is 21.4 Å². The van der Waals surface area contributed by atoms with Crippen LogP contribution in [0.5, 0.6) is 0 Å². The summed E-state index contributed by atoms with van der Waals surface area (Å²) >= 11 is 0. The molecule has 10 nitrogen and oxygen atoms in total. The monoisotopic (exact) mass is 489 g/mol. The van der Waals surface area contributed by atoms with Crippen LogP contribution >= 0.6 is 0 Å². The van der Waals surface area contributed by atoms with E-state index in [-0.39, 0.29) is 38.4 Å². The molecule has 0 saturated heterocycles. The molecule has 1 fully saturated rings. The smallest absolute Gasteiger partial charge is 0.276 e. The zero-order valence-corrected chi connectivity index (χ0v) is 20.2. The first-order valence-corrected chi connectivity index (χ1v) is 13.7. The molecule has 1 aliphatic rings. The van der Waals surface area contributed by atoms with Gasteiger partial charge in [0.25, 0.3) is 5.56 Å². The fourth-order valence-electron chi connectivity index (χ4n) is 4.03. The molecule has 4 heterocycles. The first kappa shape index (κ1) is 21.8. The molecule has 0 aliphatic heterocycles.